The number of nitrogens with one attached hydrogen (secondary N) is 5. The average molecular weight is 880 g/mol. The van der Waals surface area contributed by atoms with Gasteiger partial charge in [-0.2, -0.15) is 0 Å². The van der Waals surface area contributed by atoms with Crippen molar-refractivity contribution in [1.82, 2.24) is 39.7 Å². The Labute approximate surface area is 377 Å². The molecule has 0 aliphatic carbocycles. The molecule has 14 heteroatoms. The molecular formula is C49H52Cl2N12. The molecule has 12 nitrogen and oxygen atoms in total. The van der Waals surface area contributed by atoms with E-state index in [0.717, 1.165) is 121 Å². The maximum absolute atomic E-state index is 6.47. The number of nitrogen functional groups attached to an aromatic ring is 1. The third-order valence-corrected chi connectivity index (χ3v) is 12.6. The molecule has 0 radical (unpaired) electrons. The van der Waals surface area contributed by atoms with Crippen molar-refractivity contribution in [2.24, 2.45) is 0 Å². The van der Waals surface area contributed by atoms with Crippen molar-refractivity contribution in [2.45, 2.75) is 50.9 Å². The van der Waals surface area contributed by atoms with Gasteiger partial charge in [0.25, 0.3) is 0 Å². The minimum atomic E-state index is 0.342. The maximum atomic E-state index is 6.47. The zero-order valence-corrected chi connectivity index (χ0v) is 36.8. The molecule has 10 rings (SSSR count). The number of benzene rings is 4. The lowest BCUT2D eigenvalue weighted by Crippen LogP contribution is -2.39. The number of halogens is 2. The van der Waals surface area contributed by atoms with E-state index in [9.17, 15) is 0 Å². The molecule has 2 fully saturated rings. The topological polar surface area (TPSA) is 152 Å². The summed E-state index contributed by atoms with van der Waals surface area (Å²) in [7, 11) is 1.95. The molecule has 0 bridgehead atoms. The summed E-state index contributed by atoms with van der Waals surface area (Å²) >= 11 is 12.9. The van der Waals surface area contributed by atoms with E-state index in [4.69, 9.17) is 38.9 Å². The molecule has 63 heavy (non-hydrogen) atoms. The highest BCUT2D eigenvalue weighted by atomic mass is 35.5. The van der Waals surface area contributed by atoms with E-state index in [0.29, 0.717) is 34.0 Å². The van der Waals surface area contributed by atoms with Crippen molar-refractivity contribution in [3.05, 3.63) is 143 Å². The molecule has 6 heterocycles. The molecule has 8 aromatic rings. The summed E-state index contributed by atoms with van der Waals surface area (Å²) in [4.78, 5) is 30.0. The number of para-hydroxylation sites is 2. The van der Waals surface area contributed by atoms with Crippen molar-refractivity contribution >= 4 is 68.3 Å². The lowest BCUT2D eigenvalue weighted by molar-refractivity contribution is 0.211. The van der Waals surface area contributed by atoms with E-state index >= 15 is 0 Å². The molecule has 322 valence electrons. The monoisotopic (exact) mass is 878 g/mol. The summed E-state index contributed by atoms with van der Waals surface area (Å²) in [6.45, 7) is 6.06. The van der Waals surface area contributed by atoms with Gasteiger partial charge in [-0.15, -0.1) is 0 Å². The third-order valence-electron chi connectivity index (χ3n) is 12.0. The first-order valence-corrected chi connectivity index (χ1v) is 22.4. The largest absolute Gasteiger partial charge is 0.399 e. The van der Waals surface area contributed by atoms with E-state index in [1.165, 1.54) is 11.1 Å². The Kier molecular flexibility index (Phi) is 13.0. The van der Waals surface area contributed by atoms with Gasteiger partial charge < -0.3 is 31.7 Å². The van der Waals surface area contributed by atoms with Crippen LogP contribution < -0.4 is 21.7 Å². The fraction of sp³-hybridized carbons (Fsp3) is 0.265. The third kappa shape index (κ3) is 10.2. The Morgan fingerprint density at radius 1 is 0.619 bits per heavy atom. The van der Waals surface area contributed by atoms with Crippen LogP contribution in [0.15, 0.2) is 122 Å². The van der Waals surface area contributed by atoms with Crippen molar-refractivity contribution in [2.75, 3.05) is 54.9 Å². The summed E-state index contributed by atoms with van der Waals surface area (Å²) in [5, 5.41) is 13.5. The quantitative estimate of drug-likeness (QED) is 0.0693. The molecule has 0 atom stereocenters. The van der Waals surface area contributed by atoms with Crippen molar-refractivity contribution in [1.29, 1.82) is 0 Å². The fourth-order valence-corrected chi connectivity index (χ4v) is 8.99. The van der Waals surface area contributed by atoms with Gasteiger partial charge >= 0.3 is 0 Å². The number of likely N-dealkylation sites (tertiary alicyclic amines) is 2. The second-order valence-electron chi connectivity index (χ2n) is 16.4. The van der Waals surface area contributed by atoms with Crippen LogP contribution in [0.4, 0.5) is 23.3 Å². The number of anilines is 4. The highest BCUT2D eigenvalue weighted by Gasteiger charge is 2.23. The van der Waals surface area contributed by atoms with Crippen LogP contribution in [-0.2, 0) is 13.1 Å². The number of hydrogen-bond acceptors (Lipinski definition) is 10. The van der Waals surface area contributed by atoms with Gasteiger partial charge in [0.05, 0.1) is 33.8 Å². The molecule has 2 aliphatic heterocycles. The van der Waals surface area contributed by atoms with Crippen LogP contribution in [0, 0.1) is 0 Å². The van der Waals surface area contributed by atoms with Crippen LogP contribution in [0.5, 0.6) is 0 Å². The number of piperidine rings is 2. The maximum Gasteiger partial charge on any atom is 0.223 e. The summed E-state index contributed by atoms with van der Waals surface area (Å²) in [5.74, 6) is 1.26. The molecule has 2 aliphatic rings. The second kappa shape index (κ2) is 19.5. The number of hydrogen-bond donors (Lipinski definition) is 6. The Morgan fingerprint density at radius 2 is 1.11 bits per heavy atom. The number of rotatable bonds is 11. The van der Waals surface area contributed by atoms with Crippen molar-refractivity contribution in [3.63, 3.8) is 0 Å². The van der Waals surface area contributed by atoms with Crippen LogP contribution in [0.1, 0.15) is 36.8 Å². The van der Waals surface area contributed by atoms with E-state index in [1.807, 2.05) is 61.9 Å². The summed E-state index contributed by atoms with van der Waals surface area (Å²) < 4.78 is 0. The van der Waals surface area contributed by atoms with Gasteiger partial charge in [0.2, 0.25) is 11.9 Å². The zero-order valence-electron chi connectivity index (χ0n) is 35.3. The number of nitrogens with two attached hydrogens (primary N) is 1. The molecule has 0 amide bonds. The van der Waals surface area contributed by atoms with Crippen LogP contribution in [0.25, 0.3) is 44.3 Å². The van der Waals surface area contributed by atoms with E-state index in [-0.39, 0.29) is 0 Å². The predicted octanol–water partition coefficient (Wildman–Crippen LogP) is 10.3. The molecule has 4 aromatic carbocycles. The molecule has 0 unspecified atom stereocenters. The minimum absolute atomic E-state index is 0.342. The molecule has 4 aromatic heterocycles. The molecule has 0 saturated carbocycles. The van der Waals surface area contributed by atoms with Gasteiger partial charge in [-0.3, -0.25) is 9.80 Å². The van der Waals surface area contributed by atoms with Gasteiger partial charge in [-0.1, -0.05) is 83.9 Å². The Bertz CT molecular complexity index is 2770. The number of fused-ring (bicyclic) bond motifs is 2. The SMILES string of the molecule is CNc1ccc(CN2CCC(Nc3ncc(Cl)c(-c4c[nH]c5ccccc45)n3)CC2)cc1.Nc1cccc(CN2CCC(Nc3ncc(Cl)c(-c4c[nH]c5ccccc45)n3)CC2)c1. The van der Waals surface area contributed by atoms with E-state index < -0.39 is 0 Å². The van der Waals surface area contributed by atoms with Crippen molar-refractivity contribution < 1.29 is 0 Å². The highest BCUT2D eigenvalue weighted by molar-refractivity contribution is 6.33. The van der Waals surface area contributed by atoms with Crippen LogP contribution >= 0.6 is 23.2 Å². The van der Waals surface area contributed by atoms with Crippen molar-refractivity contribution in [3.8, 4) is 22.5 Å². The van der Waals surface area contributed by atoms with Crippen LogP contribution in [0.3, 0.4) is 0 Å². The zero-order chi connectivity index (χ0) is 43.1. The lowest BCUT2D eigenvalue weighted by Gasteiger charge is -2.32. The average Bonchev–Trinajstić information content (AvgIpc) is 3.95. The van der Waals surface area contributed by atoms with Gasteiger partial charge in [-0.25, -0.2) is 19.9 Å². The Balaban J connectivity index is 0.000000160. The molecule has 2 saturated heterocycles. The second-order valence-corrected chi connectivity index (χ2v) is 17.2. The number of nitrogens with zero attached hydrogens (tertiary/aromatic N) is 6. The summed E-state index contributed by atoms with van der Waals surface area (Å²) in [6.07, 6.45) is 11.5. The summed E-state index contributed by atoms with van der Waals surface area (Å²) in [6, 6.07) is 33.8. The summed E-state index contributed by atoms with van der Waals surface area (Å²) in [5.41, 5.74) is 16.1. The van der Waals surface area contributed by atoms with Gasteiger partial charge in [0.15, 0.2) is 0 Å². The normalized spacial score (nSPS) is 15.3. The lowest BCUT2D eigenvalue weighted by atomic mass is 10.0. The van der Waals surface area contributed by atoms with Gasteiger partial charge in [0, 0.05) is 115 Å². The molecule has 0 spiro atoms. The molecule has 7 N–H and O–H groups in total. The van der Waals surface area contributed by atoms with Crippen LogP contribution in [0.2, 0.25) is 10.0 Å². The Hall–Kier alpha value is -6.18. The first-order chi connectivity index (χ1) is 30.8. The van der Waals surface area contributed by atoms with E-state index in [1.54, 1.807) is 12.4 Å². The van der Waals surface area contributed by atoms with Gasteiger partial charge in [0.1, 0.15) is 0 Å². The molecular weight excluding hydrogens is 828 g/mol. The fourth-order valence-electron chi connectivity index (χ4n) is 8.61. The first kappa shape index (κ1) is 42.1. The first-order valence-electron chi connectivity index (χ1n) is 21.6. The standard InChI is InChI=1S/C25H27ClN6.C24H25ClN6/c1-27-18-8-6-17(7-9-18)16-32-12-10-19(11-13-32)30-25-29-15-22(26)24(31-25)21-14-28-23-5-3-2-4-20(21)23;25-21-14-28-24(30-23(21)20-13-27-22-7-2-1-6-19(20)22)29-18-8-10-31(11-9-18)15-16-4-3-5-17(26)12-16/h2-9,14-15,19,27-28H,10-13,16H2,1H3,(H,29,30,31);1-7,12-14,18,27H,8-11,15,26H2,(H,28,29,30). The van der Waals surface area contributed by atoms with Crippen LogP contribution in [-0.4, -0.2) is 85.0 Å². The number of aromatic nitrogens is 6. The number of aromatic amines is 2. The Morgan fingerprint density at radius 3 is 1.60 bits per heavy atom. The smallest absolute Gasteiger partial charge is 0.223 e. The number of H-pyrrole nitrogens is 2. The van der Waals surface area contributed by atoms with Gasteiger partial charge in [-0.05, 0) is 73.2 Å². The highest BCUT2D eigenvalue weighted by Crippen LogP contribution is 2.34. The minimum Gasteiger partial charge on any atom is -0.399 e. The van der Waals surface area contributed by atoms with E-state index in [2.05, 4.69) is 100 Å². The predicted molar refractivity (Wildman–Crippen MR) is 259 cm³/mol.